The molecule has 0 radical (unpaired) electrons. The first-order valence-electron chi connectivity index (χ1n) is 6.92. The molecule has 5 heteroatoms. The zero-order valence-corrected chi connectivity index (χ0v) is 13.5. The molecule has 0 saturated carbocycles. The molecule has 0 atom stereocenters. The van der Waals surface area contributed by atoms with Crippen LogP contribution in [-0.2, 0) is 0 Å². The van der Waals surface area contributed by atoms with E-state index in [-0.39, 0.29) is 5.91 Å². The van der Waals surface area contributed by atoms with Crippen LogP contribution in [0.3, 0.4) is 0 Å². The van der Waals surface area contributed by atoms with Crippen molar-refractivity contribution in [1.29, 1.82) is 0 Å². The lowest BCUT2D eigenvalue weighted by atomic mass is 10.0. The molecular weight excluding hydrogens is 331 g/mol. The van der Waals surface area contributed by atoms with Gasteiger partial charge in [0.25, 0.3) is 5.91 Å². The van der Waals surface area contributed by atoms with Crippen LogP contribution in [0.5, 0.6) is 0 Å². The van der Waals surface area contributed by atoms with E-state index in [4.69, 9.17) is 23.2 Å². The second-order valence-corrected chi connectivity index (χ2v) is 5.68. The van der Waals surface area contributed by atoms with Crippen molar-refractivity contribution >= 4 is 46.1 Å². The van der Waals surface area contributed by atoms with Gasteiger partial charge in [0.1, 0.15) is 0 Å². The van der Waals surface area contributed by atoms with Crippen LogP contribution in [-0.4, -0.2) is 12.1 Å². The summed E-state index contributed by atoms with van der Waals surface area (Å²) in [6.45, 7) is 0. The number of hydrazone groups is 1. The lowest BCUT2D eigenvalue weighted by Crippen LogP contribution is -2.18. The zero-order chi connectivity index (χ0) is 16.2. The van der Waals surface area contributed by atoms with E-state index >= 15 is 0 Å². The van der Waals surface area contributed by atoms with Crippen molar-refractivity contribution in [3.63, 3.8) is 0 Å². The molecule has 3 aromatic rings. The second-order valence-electron chi connectivity index (χ2n) is 4.86. The van der Waals surface area contributed by atoms with Crippen LogP contribution in [0.25, 0.3) is 10.8 Å². The third-order valence-electron chi connectivity index (χ3n) is 3.39. The van der Waals surface area contributed by atoms with Crippen molar-refractivity contribution in [2.45, 2.75) is 0 Å². The van der Waals surface area contributed by atoms with Crippen molar-refractivity contribution in [2.24, 2.45) is 5.10 Å². The van der Waals surface area contributed by atoms with Gasteiger partial charge >= 0.3 is 0 Å². The minimum absolute atomic E-state index is 0.291. The van der Waals surface area contributed by atoms with Crippen LogP contribution in [0, 0.1) is 0 Å². The van der Waals surface area contributed by atoms with Crippen LogP contribution in [0.4, 0.5) is 0 Å². The van der Waals surface area contributed by atoms with E-state index < -0.39 is 0 Å². The molecule has 3 aromatic carbocycles. The molecule has 0 aliphatic rings. The Balaban J connectivity index is 1.83. The zero-order valence-electron chi connectivity index (χ0n) is 12.0. The number of hydrogen-bond acceptors (Lipinski definition) is 2. The molecule has 0 aromatic heterocycles. The minimum Gasteiger partial charge on any atom is -0.267 e. The van der Waals surface area contributed by atoms with Gasteiger partial charge in [-0.05, 0) is 29.0 Å². The van der Waals surface area contributed by atoms with Gasteiger partial charge in [0, 0.05) is 11.1 Å². The molecule has 1 amide bonds. The van der Waals surface area contributed by atoms with Crippen molar-refractivity contribution in [3.05, 3.63) is 81.8 Å². The smallest absolute Gasteiger partial charge is 0.267 e. The first-order valence-corrected chi connectivity index (χ1v) is 7.67. The third kappa shape index (κ3) is 3.36. The highest BCUT2D eigenvalue weighted by Crippen LogP contribution is 2.22. The highest BCUT2D eigenvalue weighted by Gasteiger charge is 2.08. The number of carbonyl (C=O) groups is 1. The fourth-order valence-corrected chi connectivity index (χ4v) is 2.77. The molecule has 0 aliphatic carbocycles. The van der Waals surface area contributed by atoms with Crippen molar-refractivity contribution in [2.75, 3.05) is 0 Å². The van der Waals surface area contributed by atoms with E-state index in [2.05, 4.69) is 10.5 Å². The number of fused-ring (bicyclic) bond motifs is 1. The summed E-state index contributed by atoms with van der Waals surface area (Å²) in [5.74, 6) is -0.291. The number of nitrogens with one attached hydrogen (secondary N) is 1. The normalized spacial score (nSPS) is 11.0. The van der Waals surface area contributed by atoms with E-state index in [1.54, 1.807) is 24.3 Å². The maximum atomic E-state index is 12.3. The Morgan fingerprint density at radius 2 is 1.57 bits per heavy atom. The van der Waals surface area contributed by atoms with Gasteiger partial charge in [-0.25, -0.2) is 5.43 Å². The summed E-state index contributed by atoms with van der Waals surface area (Å²) < 4.78 is 0. The molecule has 0 fully saturated rings. The van der Waals surface area contributed by atoms with Gasteiger partial charge in [-0.1, -0.05) is 65.7 Å². The summed E-state index contributed by atoms with van der Waals surface area (Å²) >= 11 is 12.1. The first kappa shape index (κ1) is 15.5. The van der Waals surface area contributed by atoms with Gasteiger partial charge in [-0.15, -0.1) is 0 Å². The Morgan fingerprint density at radius 1 is 0.913 bits per heavy atom. The number of benzene rings is 3. The molecule has 0 spiro atoms. The standard InChI is InChI=1S/C18H12Cl2N2O/c19-16-9-4-10-17(20)15(16)11-21-22-18(23)14-8-3-6-12-5-1-2-7-13(12)14/h1-11H,(H,22,23)/b21-11-. The van der Waals surface area contributed by atoms with Crippen LogP contribution < -0.4 is 5.43 Å². The molecule has 0 unspecified atom stereocenters. The maximum Gasteiger partial charge on any atom is 0.271 e. The van der Waals surface area contributed by atoms with E-state index in [0.717, 1.165) is 10.8 Å². The summed E-state index contributed by atoms with van der Waals surface area (Å²) in [5.41, 5.74) is 3.63. The van der Waals surface area contributed by atoms with Crippen molar-refractivity contribution < 1.29 is 4.79 Å². The number of amides is 1. The molecule has 0 bridgehead atoms. The van der Waals surface area contributed by atoms with Crippen LogP contribution in [0.15, 0.2) is 65.8 Å². The number of carbonyl (C=O) groups excluding carboxylic acids is 1. The molecule has 0 heterocycles. The SMILES string of the molecule is O=C(N/N=C\c1c(Cl)cccc1Cl)c1cccc2ccccc12. The number of halogens is 2. The first-order chi connectivity index (χ1) is 11.2. The molecule has 0 aliphatic heterocycles. The number of nitrogens with zero attached hydrogens (tertiary/aromatic N) is 1. The van der Waals surface area contributed by atoms with Crippen LogP contribution in [0.1, 0.15) is 15.9 Å². The highest BCUT2D eigenvalue weighted by molar-refractivity contribution is 6.38. The number of hydrogen-bond donors (Lipinski definition) is 1. The van der Waals surface area contributed by atoms with E-state index in [0.29, 0.717) is 21.2 Å². The molecule has 3 nitrogen and oxygen atoms in total. The van der Waals surface area contributed by atoms with Crippen LogP contribution >= 0.6 is 23.2 Å². The lowest BCUT2D eigenvalue weighted by molar-refractivity contribution is 0.0957. The third-order valence-corrected chi connectivity index (χ3v) is 4.05. The molecule has 1 N–H and O–H groups in total. The highest BCUT2D eigenvalue weighted by atomic mass is 35.5. The molecular formula is C18H12Cl2N2O. The summed E-state index contributed by atoms with van der Waals surface area (Å²) in [5, 5.41) is 6.77. The van der Waals surface area contributed by atoms with Gasteiger partial charge in [-0.2, -0.15) is 5.10 Å². The van der Waals surface area contributed by atoms with Gasteiger partial charge in [-0.3, -0.25) is 4.79 Å². The van der Waals surface area contributed by atoms with Gasteiger partial charge < -0.3 is 0 Å². The summed E-state index contributed by atoms with van der Waals surface area (Å²) in [6.07, 6.45) is 1.44. The molecule has 23 heavy (non-hydrogen) atoms. The summed E-state index contributed by atoms with van der Waals surface area (Å²) in [6, 6.07) is 18.4. The average molecular weight is 343 g/mol. The fourth-order valence-electron chi connectivity index (χ4n) is 2.27. The van der Waals surface area contributed by atoms with Crippen molar-refractivity contribution in [3.8, 4) is 0 Å². The monoisotopic (exact) mass is 342 g/mol. The Kier molecular flexibility index (Phi) is 4.60. The van der Waals surface area contributed by atoms with E-state index in [1.807, 2.05) is 36.4 Å². The second kappa shape index (κ2) is 6.82. The average Bonchev–Trinajstić information content (AvgIpc) is 2.57. The predicted molar refractivity (Wildman–Crippen MR) is 95.5 cm³/mol. The Labute approximate surface area is 143 Å². The van der Waals surface area contributed by atoms with Gasteiger partial charge in [0.05, 0.1) is 16.3 Å². The Hall–Kier alpha value is -2.36. The Bertz CT molecular complexity index is 881. The van der Waals surface area contributed by atoms with Gasteiger partial charge in [0.2, 0.25) is 0 Å². The van der Waals surface area contributed by atoms with Crippen molar-refractivity contribution in [1.82, 2.24) is 5.43 Å². The van der Waals surface area contributed by atoms with E-state index in [9.17, 15) is 4.79 Å². The largest absolute Gasteiger partial charge is 0.271 e. The maximum absolute atomic E-state index is 12.3. The van der Waals surface area contributed by atoms with E-state index in [1.165, 1.54) is 6.21 Å². The Morgan fingerprint density at radius 3 is 2.35 bits per heavy atom. The van der Waals surface area contributed by atoms with Gasteiger partial charge in [0.15, 0.2) is 0 Å². The topological polar surface area (TPSA) is 41.5 Å². The summed E-state index contributed by atoms with van der Waals surface area (Å²) in [7, 11) is 0. The molecule has 3 rings (SSSR count). The lowest BCUT2D eigenvalue weighted by Gasteiger charge is -2.05. The summed E-state index contributed by atoms with van der Waals surface area (Å²) in [4.78, 5) is 12.3. The fraction of sp³-hybridized carbons (Fsp3) is 0. The molecule has 0 saturated heterocycles. The van der Waals surface area contributed by atoms with Crippen LogP contribution in [0.2, 0.25) is 10.0 Å². The quantitative estimate of drug-likeness (QED) is 0.533. The number of rotatable bonds is 3. The molecule has 114 valence electrons. The minimum atomic E-state index is -0.291. The predicted octanol–water partition coefficient (Wildman–Crippen LogP) is 4.91.